The highest BCUT2D eigenvalue weighted by Crippen LogP contribution is 2.18. The molecule has 0 saturated carbocycles. The molecular formula is C13H24N2O3. The van der Waals surface area contributed by atoms with Gasteiger partial charge in [0.25, 0.3) is 0 Å². The molecule has 5 nitrogen and oxygen atoms in total. The maximum Gasteiger partial charge on any atom is 0.171 e. The lowest BCUT2D eigenvalue weighted by molar-refractivity contribution is -0.131. The summed E-state index contributed by atoms with van der Waals surface area (Å²) >= 11 is 0. The number of ketones is 1. The van der Waals surface area contributed by atoms with Gasteiger partial charge in [0, 0.05) is 0 Å². The lowest BCUT2D eigenvalue weighted by Gasteiger charge is -2.31. The van der Waals surface area contributed by atoms with Gasteiger partial charge in [-0.1, -0.05) is 0 Å². The Morgan fingerprint density at radius 1 is 0.833 bits per heavy atom. The van der Waals surface area contributed by atoms with Crippen molar-refractivity contribution in [3.8, 4) is 0 Å². The lowest BCUT2D eigenvalue weighted by atomic mass is 10.0. The van der Waals surface area contributed by atoms with E-state index in [0.29, 0.717) is 0 Å². The van der Waals surface area contributed by atoms with E-state index in [1.54, 1.807) is 0 Å². The number of carbonyl (C=O) groups is 1. The van der Waals surface area contributed by atoms with Gasteiger partial charge >= 0.3 is 0 Å². The second kappa shape index (κ2) is 6.61. The van der Waals surface area contributed by atoms with E-state index < -0.39 is 12.1 Å². The fourth-order valence-electron chi connectivity index (χ4n) is 3.10. The number of hydrogen-bond acceptors (Lipinski definition) is 5. The first-order valence-corrected chi connectivity index (χ1v) is 7.01. The van der Waals surface area contributed by atoms with Gasteiger partial charge in [0.1, 0.15) is 0 Å². The van der Waals surface area contributed by atoms with Gasteiger partial charge in [0.05, 0.1) is 25.3 Å². The van der Waals surface area contributed by atoms with E-state index in [-0.39, 0.29) is 19.0 Å². The molecule has 2 unspecified atom stereocenters. The molecule has 0 aromatic rings. The Morgan fingerprint density at radius 2 is 1.17 bits per heavy atom. The molecule has 104 valence electrons. The highest BCUT2D eigenvalue weighted by Gasteiger charge is 2.35. The minimum absolute atomic E-state index is 0.0104. The summed E-state index contributed by atoms with van der Waals surface area (Å²) in [5, 5.41) is 19.0. The lowest BCUT2D eigenvalue weighted by Crippen LogP contribution is -2.53. The van der Waals surface area contributed by atoms with Crippen LogP contribution in [0.1, 0.15) is 25.7 Å². The van der Waals surface area contributed by atoms with Crippen LogP contribution in [0.4, 0.5) is 0 Å². The first-order chi connectivity index (χ1) is 8.77. The predicted octanol–water partition coefficient (Wildman–Crippen LogP) is -0.531. The highest BCUT2D eigenvalue weighted by atomic mass is 16.3. The number of nitrogens with zero attached hydrogens (tertiary/aromatic N) is 2. The van der Waals surface area contributed by atoms with Gasteiger partial charge in [0.15, 0.2) is 5.78 Å². The molecule has 18 heavy (non-hydrogen) atoms. The standard InChI is InChI=1S/C13H24N2O3/c16-9-11(14-5-1-2-6-14)13(18)12(10-17)15-7-3-4-8-15/h11-12,16-17H,1-10H2. The van der Waals surface area contributed by atoms with Crippen LogP contribution in [0.2, 0.25) is 0 Å². The van der Waals surface area contributed by atoms with Crippen LogP contribution in [0.5, 0.6) is 0 Å². The third kappa shape index (κ3) is 2.91. The van der Waals surface area contributed by atoms with Gasteiger partial charge in [-0.3, -0.25) is 14.6 Å². The minimum Gasteiger partial charge on any atom is -0.394 e. The van der Waals surface area contributed by atoms with Gasteiger partial charge in [-0.25, -0.2) is 0 Å². The van der Waals surface area contributed by atoms with Crippen LogP contribution in [0.15, 0.2) is 0 Å². The maximum absolute atomic E-state index is 12.5. The number of rotatable bonds is 6. The molecule has 2 N–H and O–H groups in total. The Labute approximate surface area is 108 Å². The van der Waals surface area contributed by atoms with Crippen molar-refractivity contribution in [3.05, 3.63) is 0 Å². The molecule has 2 rings (SSSR count). The Hall–Kier alpha value is -0.490. The Morgan fingerprint density at radius 3 is 1.44 bits per heavy atom. The molecule has 0 bridgehead atoms. The molecule has 2 saturated heterocycles. The molecule has 0 aromatic heterocycles. The van der Waals surface area contributed by atoms with Gasteiger partial charge in [0.2, 0.25) is 0 Å². The summed E-state index contributed by atoms with van der Waals surface area (Å²) in [4.78, 5) is 16.6. The molecule has 5 heteroatoms. The number of hydrogen-bond donors (Lipinski definition) is 2. The van der Waals surface area contributed by atoms with Crippen molar-refractivity contribution in [2.75, 3.05) is 39.4 Å². The van der Waals surface area contributed by atoms with Crippen LogP contribution in [-0.2, 0) is 4.79 Å². The van der Waals surface area contributed by atoms with Crippen molar-refractivity contribution in [3.63, 3.8) is 0 Å². The second-order valence-electron chi connectivity index (χ2n) is 5.29. The van der Waals surface area contributed by atoms with Crippen LogP contribution < -0.4 is 0 Å². The smallest absolute Gasteiger partial charge is 0.171 e. The zero-order valence-electron chi connectivity index (χ0n) is 10.9. The first kappa shape index (κ1) is 13.9. The normalized spacial score (nSPS) is 25.4. The maximum atomic E-state index is 12.5. The van der Waals surface area contributed by atoms with E-state index in [9.17, 15) is 15.0 Å². The van der Waals surface area contributed by atoms with Crippen LogP contribution in [-0.4, -0.2) is 77.3 Å². The largest absolute Gasteiger partial charge is 0.394 e. The molecule has 2 aliphatic heterocycles. The van der Waals surface area contributed by atoms with Crippen LogP contribution in [0.25, 0.3) is 0 Å². The van der Waals surface area contributed by atoms with E-state index in [4.69, 9.17) is 0 Å². The number of Topliss-reactive ketones (excluding diaryl/α,β-unsaturated/α-hetero) is 1. The van der Waals surface area contributed by atoms with Crippen molar-refractivity contribution in [2.24, 2.45) is 0 Å². The summed E-state index contributed by atoms with van der Waals surface area (Å²) in [6.45, 7) is 3.26. The fraction of sp³-hybridized carbons (Fsp3) is 0.923. The van der Waals surface area contributed by atoms with Crippen molar-refractivity contribution in [1.29, 1.82) is 0 Å². The minimum atomic E-state index is -0.426. The van der Waals surface area contributed by atoms with Crippen LogP contribution in [0.3, 0.4) is 0 Å². The zero-order valence-corrected chi connectivity index (χ0v) is 10.9. The summed E-state index contributed by atoms with van der Waals surface area (Å²) in [5.74, 6) is -0.0104. The van der Waals surface area contributed by atoms with Crippen molar-refractivity contribution < 1.29 is 15.0 Å². The van der Waals surface area contributed by atoms with Crippen LogP contribution in [0, 0.1) is 0 Å². The average molecular weight is 256 g/mol. The van der Waals surface area contributed by atoms with Crippen molar-refractivity contribution >= 4 is 5.78 Å². The van der Waals surface area contributed by atoms with Gasteiger partial charge in [-0.05, 0) is 51.9 Å². The van der Waals surface area contributed by atoms with Gasteiger partial charge in [-0.2, -0.15) is 0 Å². The van der Waals surface area contributed by atoms with E-state index in [2.05, 4.69) is 9.80 Å². The Bertz CT molecular complexity index is 247. The van der Waals surface area contributed by atoms with Crippen molar-refractivity contribution in [1.82, 2.24) is 9.80 Å². The molecule has 0 aromatic carbocycles. The molecule has 2 atom stereocenters. The van der Waals surface area contributed by atoms with Gasteiger partial charge < -0.3 is 10.2 Å². The highest BCUT2D eigenvalue weighted by molar-refractivity contribution is 5.89. The molecule has 0 radical (unpaired) electrons. The van der Waals surface area contributed by atoms with Crippen LogP contribution >= 0.6 is 0 Å². The first-order valence-electron chi connectivity index (χ1n) is 7.01. The summed E-state index contributed by atoms with van der Waals surface area (Å²) in [6.07, 6.45) is 4.38. The fourth-order valence-corrected chi connectivity index (χ4v) is 3.10. The molecule has 2 fully saturated rings. The summed E-state index contributed by atoms with van der Waals surface area (Å²) in [7, 11) is 0. The molecule has 0 spiro atoms. The van der Waals surface area contributed by atoms with E-state index >= 15 is 0 Å². The summed E-state index contributed by atoms with van der Waals surface area (Å²) in [6, 6.07) is -0.851. The van der Waals surface area contributed by atoms with E-state index in [1.165, 1.54) is 0 Å². The molecular weight excluding hydrogens is 232 g/mol. The monoisotopic (exact) mass is 256 g/mol. The third-order valence-electron chi connectivity index (χ3n) is 4.17. The SMILES string of the molecule is O=C(C(CO)N1CCCC1)C(CO)N1CCCC1. The average Bonchev–Trinajstić information content (AvgIpc) is 3.03. The number of likely N-dealkylation sites (tertiary alicyclic amines) is 2. The second-order valence-corrected chi connectivity index (χ2v) is 5.29. The predicted molar refractivity (Wildman–Crippen MR) is 68.4 cm³/mol. The summed E-state index contributed by atoms with van der Waals surface area (Å²) in [5.41, 5.74) is 0. The third-order valence-corrected chi connectivity index (χ3v) is 4.17. The van der Waals surface area contributed by atoms with E-state index in [1.807, 2.05) is 0 Å². The Kier molecular flexibility index (Phi) is 5.12. The number of carbonyl (C=O) groups excluding carboxylic acids is 1. The summed E-state index contributed by atoms with van der Waals surface area (Å²) < 4.78 is 0. The van der Waals surface area contributed by atoms with E-state index in [0.717, 1.165) is 51.9 Å². The molecule has 2 aliphatic rings. The van der Waals surface area contributed by atoms with Gasteiger partial charge in [-0.15, -0.1) is 0 Å². The Balaban J connectivity index is 2.00. The topological polar surface area (TPSA) is 64.0 Å². The zero-order chi connectivity index (χ0) is 13.0. The quantitative estimate of drug-likeness (QED) is 0.669. The number of aliphatic hydroxyl groups excluding tert-OH is 2. The molecule has 0 amide bonds. The molecule has 0 aliphatic carbocycles. The van der Waals surface area contributed by atoms with Crippen molar-refractivity contribution in [2.45, 2.75) is 37.8 Å². The molecule has 2 heterocycles. The number of aliphatic hydroxyl groups is 2.